The lowest BCUT2D eigenvalue weighted by Gasteiger charge is -2.22. The minimum Gasteiger partial charge on any atom is -0.444 e. The van der Waals surface area contributed by atoms with Crippen molar-refractivity contribution < 1.29 is 27.5 Å². The molecule has 174 valence electrons. The smallest absolute Gasteiger partial charge is 0.416 e. The van der Waals surface area contributed by atoms with Crippen molar-refractivity contribution in [3.05, 3.63) is 59.7 Å². The fourth-order valence-corrected chi connectivity index (χ4v) is 2.97. The molecule has 32 heavy (non-hydrogen) atoms. The lowest BCUT2D eigenvalue weighted by Crippen LogP contribution is -2.48. The third-order valence-corrected chi connectivity index (χ3v) is 4.63. The van der Waals surface area contributed by atoms with Crippen molar-refractivity contribution >= 4 is 12.0 Å². The topological polar surface area (TPSA) is 67.4 Å². The predicted molar refractivity (Wildman–Crippen MR) is 117 cm³/mol. The van der Waals surface area contributed by atoms with E-state index in [1.54, 1.807) is 27.7 Å². The number of alkyl carbamates (subject to hydrolysis) is 1. The molecule has 5 nitrogen and oxygen atoms in total. The van der Waals surface area contributed by atoms with Crippen molar-refractivity contribution in [2.24, 2.45) is 0 Å². The standard InChI is InChI=1S/C24H29F3N2O3/c1-5-20(29-22(31)32-23(2,3)4)21(30)28-15-14-16-6-8-17(9-7-16)18-10-12-19(13-11-18)24(25,26)27/h6-13,20H,5,14-15H2,1-4H3,(H,28,30)(H,29,31)/t20-/m0/s1. The number of benzene rings is 2. The first-order valence-electron chi connectivity index (χ1n) is 10.4. The van der Waals surface area contributed by atoms with Crippen LogP contribution in [0.5, 0.6) is 0 Å². The number of alkyl halides is 3. The molecule has 2 amide bonds. The highest BCUT2D eigenvalue weighted by atomic mass is 19.4. The number of nitrogens with one attached hydrogen (secondary N) is 2. The summed E-state index contributed by atoms with van der Waals surface area (Å²) in [6.07, 6.45) is -4.00. The van der Waals surface area contributed by atoms with Crippen molar-refractivity contribution in [1.82, 2.24) is 10.6 Å². The zero-order valence-electron chi connectivity index (χ0n) is 18.7. The minimum atomic E-state index is -4.36. The average molecular weight is 451 g/mol. The Morgan fingerprint density at radius 3 is 1.94 bits per heavy atom. The summed E-state index contributed by atoms with van der Waals surface area (Å²) in [4.78, 5) is 24.2. The fourth-order valence-electron chi connectivity index (χ4n) is 2.97. The summed E-state index contributed by atoms with van der Waals surface area (Å²) >= 11 is 0. The van der Waals surface area contributed by atoms with E-state index < -0.39 is 29.5 Å². The van der Waals surface area contributed by atoms with Crippen LogP contribution < -0.4 is 10.6 Å². The number of ether oxygens (including phenoxy) is 1. The molecule has 2 aromatic carbocycles. The maximum atomic E-state index is 12.7. The van der Waals surface area contributed by atoms with Gasteiger partial charge in [-0.05, 0) is 62.4 Å². The van der Waals surface area contributed by atoms with Crippen molar-refractivity contribution in [2.45, 2.75) is 58.4 Å². The monoisotopic (exact) mass is 450 g/mol. The van der Waals surface area contributed by atoms with Gasteiger partial charge in [-0.2, -0.15) is 13.2 Å². The van der Waals surface area contributed by atoms with Gasteiger partial charge in [0.2, 0.25) is 5.91 Å². The predicted octanol–water partition coefficient (Wildman–Crippen LogP) is 5.33. The Morgan fingerprint density at radius 2 is 1.47 bits per heavy atom. The van der Waals surface area contributed by atoms with Crippen LogP contribution in [-0.2, 0) is 22.1 Å². The number of carbonyl (C=O) groups excluding carboxylic acids is 2. The van der Waals surface area contributed by atoms with Gasteiger partial charge in [-0.3, -0.25) is 4.79 Å². The Hall–Kier alpha value is -3.03. The SMILES string of the molecule is CC[C@H](NC(=O)OC(C)(C)C)C(=O)NCCc1ccc(-c2ccc(C(F)(F)F)cc2)cc1. The molecule has 0 aliphatic rings. The van der Waals surface area contributed by atoms with E-state index in [9.17, 15) is 22.8 Å². The molecule has 8 heteroatoms. The quantitative estimate of drug-likeness (QED) is 0.599. The summed E-state index contributed by atoms with van der Waals surface area (Å²) < 4.78 is 43.3. The molecule has 2 aromatic rings. The molecular weight excluding hydrogens is 421 g/mol. The van der Waals surface area contributed by atoms with Crippen LogP contribution in [0.1, 0.15) is 45.2 Å². The van der Waals surface area contributed by atoms with E-state index in [4.69, 9.17) is 4.74 Å². The Morgan fingerprint density at radius 1 is 0.938 bits per heavy atom. The van der Waals surface area contributed by atoms with Gasteiger partial charge in [0.1, 0.15) is 11.6 Å². The maximum absolute atomic E-state index is 12.7. The largest absolute Gasteiger partial charge is 0.444 e. The van der Waals surface area contributed by atoms with E-state index in [2.05, 4.69) is 10.6 Å². The highest BCUT2D eigenvalue weighted by Gasteiger charge is 2.30. The van der Waals surface area contributed by atoms with E-state index in [0.717, 1.165) is 23.3 Å². The highest BCUT2D eigenvalue weighted by Crippen LogP contribution is 2.31. The second-order valence-electron chi connectivity index (χ2n) is 8.42. The van der Waals surface area contributed by atoms with Gasteiger partial charge >= 0.3 is 12.3 Å². The third kappa shape index (κ3) is 7.90. The molecule has 0 unspecified atom stereocenters. The van der Waals surface area contributed by atoms with Crippen LogP contribution in [0.4, 0.5) is 18.0 Å². The Kier molecular flexibility index (Phi) is 8.30. The van der Waals surface area contributed by atoms with Gasteiger partial charge in [0.25, 0.3) is 0 Å². The zero-order chi connectivity index (χ0) is 23.9. The van der Waals surface area contributed by atoms with E-state index in [1.807, 2.05) is 24.3 Å². The van der Waals surface area contributed by atoms with Crippen molar-refractivity contribution in [3.8, 4) is 11.1 Å². The van der Waals surface area contributed by atoms with Gasteiger partial charge in [0.05, 0.1) is 5.56 Å². The third-order valence-electron chi connectivity index (χ3n) is 4.63. The summed E-state index contributed by atoms with van der Waals surface area (Å²) in [6.45, 7) is 7.41. The van der Waals surface area contributed by atoms with E-state index >= 15 is 0 Å². The lowest BCUT2D eigenvalue weighted by atomic mass is 10.0. The minimum absolute atomic E-state index is 0.292. The van der Waals surface area contributed by atoms with Crippen LogP contribution in [0.15, 0.2) is 48.5 Å². The fraction of sp³-hybridized carbons (Fsp3) is 0.417. The average Bonchev–Trinajstić information content (AvgIpc) is 2.70. The molecule has 2 N–H and O–H groups in total. The van der Waals surface area contributed by atoms with Crippen LogP contribution in [0.2, 0.25) is 0 Å². The Labute approximate surface area is 186 Å². The summed E-state index contributed by atoms with van der Waals surface area (Å²) in [6, 6.07) is 11.7. The Bertz CT molecular complexity index is 902. The summed E-state index contributed by atoms with van der Waals surface area (Å²) in [5.74, 6) is -0.292. The number of carbonyl (C=O) groups is 2. The first-order valence-corrected chi connectivity index (χ1v) is 10.4. The van der Waals surface area contributed by atoms with Gasteiger partial charge in [0.15, 0.2) is 0 Å². The van der Waals surface area contributed by atoms with Gasteiger partial charge in [0, 0.05) is 6.54 Å². The second kappa shape index (κ2) is 10.5. The molecule has 0 saturated heterocycles. The molecule has 1 atom stereocenters. The summed E-state index contributed by atoms with van der Waals surface area (Å²) in [7, 11) is 0. The first kappa shape index (κ1) is 25.2. The highest BCUT2D eigenvalue weighted by molar-refractivity contribution is 5.85. The molecule has 0 saturated carbocycles. The molecule has 0 aliphatic heterocycles. The van der Waals surface area contributed by atoms with Crippen LogP contribution in [0.3, 0.4) is 0 Å². The number of hydrogen-bond donors (Lipinski definition) is 2. The maximum Gasteiger partial charge on any atom is 0.416 e. The van der Waals surface area contributed by atoms with E-state index in [0.29, 0.717) is 24.9 Å². The molecule has 0 fully saturated rings. The number of hydrogen-bond acceptors (Lipinski definition) is 3. The van der Waals surface area contributed by atoms with Crippen molar-refractivity contribution in [1.29, 1.82) is 0 Å². The summed E-state index contributed by atoms with van der Waals surface area (Å²) in [5.41, 5.74) is 1.14. The molecule has 0 bridgehead atoms. The van der Waals surface area contributed by atoms with Crippen LogP contribution in [0, 0.1) is 0 Å². The molecule has 0 aromatic heterocycles. The molecule has 2 rings (SSSR count). The van der Waals surface area contributed by atoms with Crippen LogP contribution >= 0.6 is 0 Å². The van der Waals surface area contributed by atoms with Gasteiger partial charge in [-0.15, -0.1) is 0 Å². The van der Waals surface area contributed by atoms with Crippen molar-refractivity contribution in [3.63, 3.8) is 0 Å². The van der Waals surface area contributed by atoms with E-state index in [-0.39, 0.29) is 5.91 Å². The normalized spacial score (nSPS) is 12.7. The van der Waals surface area contributed by atoms with Gasteiger partial charge in [-0.1, -0.05) is 43.3 Å². The van der Waals surface area contributed by atoms with E-state index in [1.165, 1.54) is 12.1 Å². The molecule has 0 spiro atoms. The van der Waals surface area contributed by atoms with Gasteiger partial charge in [-0.25, -0.2) is 4.79 Å². The number of amides is 2. The molecule has 0 heterocycles. The first-order chi connectivity index (χ1) is 14.9. The second-order valence-corrected chi connectivity index (χ2v) is 8.42. The van der Waals surface area contributed by atoms with Crippen molar-refractivity contribution in [2.75, 3.05) is 6.54 Å². The molecule has 0 radical (unpaired) electrons. The van der Waals surface area contributed by atoms with Gasteiger partial charge < -0.3 is 15.4 Å². The Balaban J connectivity index is 1.86. The molecule has 0 aliphatic carbocycles. The van der Waals surface area contributed by atoms with Crippen LogP contribution in [0.25, 0.3) is 11.1 Å². The lowest BCUT2D eigenvalue weighted by molar-refractivity contribution is -0.137. The molecular formula is C24H29F3N2O3. The van der Waals surface area contributed by atoms with Crippen LogP contribution in [-0.4, -0.2) is 30.2 Å². The zero-order valence-corrected chi connectivity index (χ0v) is 18.7. The summed E-state index contributed by atoms with van der Waals surface area (Å²) in [5, 5.41) is 5.37. The number of rotatable bonds is 7. The number of halogens is 3.